The van der Waals surface area contributed by atoms with Crippen molar-refractivity contribution >= 4 is 21.6 Å². The minimum atomic E-state index is -3.40. The van der Waals surface area contributed by atoms with E-state index in [0.717, 1.165) is 35.4 Å². The fourth-order valence-electron chi connectivity index (χ4n) is 3.51. The predicted molar refractivity (Wildman–Crippen MR) is 98.6 cm³/mol. The summed E-state index contributed by atoms with van der Waals surface area (Å²) in [6.07, 6.45) is 8.99. The topological polar surface area (TPSA) is 37.4 Å². The minimum Gasteiger partial charge on any atom is -0.207 e. The maximum absolute atomic E-state index is 12.9. The monoisotopic (exact) mass is 365 g/mol. The normalized spacial score (nSPS) is 23.3. The van der Waals surface area contributed by atoms with Crippen molar-refractivity contribution in [1.82, 2.24) is 4.31 Å². The van der Waals surface area contributed by atoms with Crippen molar-refractivity contribution < 1.29 is 8.42 Å². The van der Waals surface area contributed by atoms with E-state index in [-0.39, 0.29) is 5.92 Å². The summed E-state index contributed by atoms with van der Waals surface area (Å²) in [5.41, 5.74) is 2.12. The average Bonchev–Trinajstić information content (AvgIpc) is 2.58. The average molecular weight is 366 g/mol. The quantitative estimate of drug-likeness (QED) is 0.744. The van der Waals surface area contributed by atoms with Crippen molar-refractivity contribution in [2.24, 2.45) is 11.8 Å². The van der Waals surface area contributed by atoms with Crippen LogP contribution in [-0.2, 0) is 10.0 Å². The minimum absolute atomic E-state index is 0.256. The van der Waals surface area contributed by atoms with Gasteiger partial charge < -0.3 is 0 Å². The van der Waals surface area contributed by atoms with Gasteiger partial charge >= 0.3 is 0 Å². The standard InChI is InChI=1S/C19H24ClNO2S/c1-14-7-8-17(13-15(14)2)24(22,23)21-11-9-16(10-12-21)18-5-3-4-6-19(18)20/h3,5-8,13,16,18H,4,9-12H2,1-2H3. The second kappa shape index (κ2) is 7.03. The highest BCUT2D eigenvalue weighted by Crippen LogP contribution is 2.36. The molecule has 5 heteroatoms. The van der Waals surface area contributed by atoms with Crippen molar-refractivity contribution in [3.63, 3.8) is 0 Å². The van der Waals surface area contributed by atoms with E-state index in [1.54, 1.807) is 16.4 Å². The van der Waals surface area contributed by atoms with Crippen LogP contribution >= 0.6 is 11.6 Å². The Morgan fingerprint density at radius 2 is 1.83 bits per heavy atom. The highest BCUT2D eigenvalue weighted by Gasteiger charge is 2.33. The lowest BCUT2D eigenvalue weighted by molar-refractivity contribution is 0.248. The number of hydrogen-bond acceptors (Lipinski definition) is 2. The molecule has 0 N–H and O–H groups in total. The zero-order valence-electron chi connectivity index (χ0n) is 14.2. The van der Waals surface area contributed by atoms with Crippen molar-refractivity contribution in [2.75, 3.05) is 13.1 Å². The molecule has 1 aromatic rings. The molecule has 0 bridgehead atoms. The molecule has 0 saturated carbocycles. The number of nitrogens with zero attached hydrogens (tertiary/aromatic N) is 1. The molecule has 1 aromatic carbocycles. The van der Waals surface area contributed by atoms with Gasteiger partial charge in [-0.1, -0.05) is 35.9 Å². The van der Waals surface area contributed by atoms with Crippen LogP contribution in [0.25, 0.3) is 0 Å². The summed E-state index contributed by atoms with van der Waals surface area (Å²) >= 11 is 6.35. The number of sulfonamides is 1. The second-order valence-electron chi connectivity index (χ2n) is 6.77. The van der Waals surface area contributed by atoms with Gasteiger partial charge in [-0.2, -0.15) is 4.31 Å². The Balaban J connectivity index is 1.71. The van der Waals surface area contributed by atoms with E-state index in [1.807, 2.05) is 19.9 Å². The molecule has 2 aliphatic rings. The lowest BCUT2D eigenvalue weighted by Crippen LogP contribution is -2.40. The van der Waals surface area contributed by atoms with Crippen LogP contribution in [0, 0.1) is 25.7 Å². The molecule has 1 aliphatic heterocycles. The molecule has 0 aromatic heterocycles. The Hall–Kier alpha value is -1.10. The van der Waals surface area contributed by atoms with Gasteiger partial charge in [0.25, 0.3) is 0 Å². The van der Waals surface area contributed by atoms with Crippen LogP contribution in [0.2, 0.25) is 0 Å². The van der Waals surface area contributed by atoms with Crippen LogP contribution in [0.15, 0.2) is 46.4 Å². The third kappa shape index (κ3) is 3.46. The first-order valence-electron chi connectivity index (χ1n) is 8.49. The molecule has 0 spiro atoms. The van der Waals surface area contributed by atoms with Gasteiger partial charge in [0, 0.05) is 24.0 Å². The van der Waals surface area contributed by atoms with Crippen LogP contribution in [0.3, 0.4) is 0 Å². The fraction of sp³-hybridized carbons (Fsp3) is 0.474. The van der Waals surface area contributed by atoms with Crippen molar-refractivity contribution in [2.45, 2.75) is 38.0 Å². The molecule has 0 amide bonds. The summed E-state index contributed by atoms with van der Waals surface area (Å²) in [5.74, 6) is 0.684. The van der Waals surface area contributed by atoms with Crippen LogP contribution in [0.5, 0.6) is 0 Å². The molecule has 1 unspecified atom stereocenters. The van der Waals surface area contributed by atoms with Crippen LogP contribution < -0.4 is 0 Å². The first-order valence-corrected chi connectivity index (χ1v) is 10.3. The zero-order valence-corrected chi connectivity index (χ0v) is 15.8. The van der Waals surface area contributed by atoms with Gasteiger partial charge in [-0.05, 0) is 62.3 Å². The first kappa shape index (κ1) is 17.7. The Morgan fingerprint density at radius 1 is 1.12 bits per heavy atom. The molecule has 1 aliphatic carbocycles. The molecule has 3 rings (SSSR count). The molecule has 0 radical (unpaired) electrons. The number of rotatable bonds is 3. The van der Waals surface area contributed by atoms with Crippen molar-refractivity contribution in [1.29, 1.82) is 0 Å². The first-order chi connectivity index (χ1) is 11.4. The zero-order chi connectivity index (χ0) is 17.3. The van der Waals surface area contributed by atoms with E-state index in [0.29, 0.717) is 23.9 Å². The van der Waals surface area contributed by atoms with Gasteiger partial charge in [-0.15, -0.1) is 0 Å². The highest BCUT2D eigenvalue weighted by atomic mass is 35.5. The smallest absolute Gasteiger partial charge is 0.207 e. The Bertz CT molecular complexity index is 775. The number of halogens is 1. The summed E-state index contributed by atoms with van der Waals surface area (Å²) in [4.78, 5) is 0.402. The van der Waals surface area contributed by atoms with Gasteiger partial charge in [-0.25, -0.2) is 8.42 Å². The number of benzene rings is 1. The van der Waals surface area contributed by atoms with E-state index >= 15 is 0 Å². The molecular formula is C19H24ClNO2S. The Labute approximate surface area is 150 Å². The van der Waals surface area contributed by atoms with Gasteiger partial charge in [-0.3, -0.25) is 0 Å². The summed E-state index contributed by atoms with van der Waals surface area (Å²) < 4.78 is 27.4. The Morgan fingerprint density at radius 3 is 2.46 bits per heavy atom. The molecular weight excluding hydrogens is 342 g/mol. The Kier molecular flexibility index (Phi) is 5.19. The SMILES string of the molecule is Cc1ccc(S(=O)(=O)N2CCC(C3C=CCC=C3Cl)CC2)cc1C. The number of hydrogen-bond donors (Lipinski definition) is 0. The molecule has 1 saturated heterocycles. The summed E-state index contributed by atoms with van der Waals surface area (Å²) in [5, 5.41) is 0.910. The lowest BCUT2D eigenvalue weighted by atomic mass is 9.82. The summed E-state index contributed by atoms with van der Waals surface area (Å²) in [6, 6.07) is 5.37. The van der Waals surface area contributed by atoms with E-state index in [9.17, 15) is 8.42 Å². The van der Waals surface area contributed by atoms with Gasteiger partial charge in [0.05, 0.1) is 4.90 Å². The third-order valence-corrected chi connectivity index (χ3v) is 7.53. The molecule has 3 nitrogen and oxygen atoms in total. The molecule has 1 heterocycles. The number of aryl methyl sites for hydroxylation is 2. The van der Waals surface area contributed by atoms with Gasteiger partial charge in [0.2, 0.25) is 10.0 Å². The maximum atomic E-state index is 12.9. The fourth-order valence-corrected chi connectivity index (χ4v) is 5.41. The predicted octanol–water partition coefficient (Wildman–Crippen LogP) is 4.40. The number of piperidine rings is 1. The number of allylic oxidation sites excluding steroid dienone is 4. The summed E-state index contributed by atoms with van der Waals surface area (Å²) in [6.45, 7) is 5.07. The van der Waals surface area contributed by atoms with Crippen molar-refractivity contribution in [3.05, 3.63) is 52.6 Å². The van der Waals surface area contributed by atoms with E-state index in [4.69, 9.17) is 11.6 Å². The van der Waals surface area contributed by atoms with Crippen LogP contribution in [0.4, 0.5) is 0 Å². The summed E-state index contributed by atoms with van der Waals surface area (Å²) in [7, 11) is -3.40. The molecule has 1 fully saturated rings. The van der Waals surface area contributed by atoms with Crippen LogP contribution in [0.1, 0.15) is 30.4 Å². The third-order valence-electron chi connectivity index (χ3n) is 5.23. The molecule has 130 valence electrons. The van der Waals surface area contributed by atoms with E-state index in [1.165, 1.54) is 0 Å². The second-order valence-corrected chi connectivity index (χ2v) is 9.14. The molecule has 1 atom stereocenters. The maximum Gasteiger partial charge on any atom is 0.243 e. The lowest BCUT2D eigenvalue weighted by Gasteiger charge is -2.35. The molecule has 24 heavy (non-hydrogen) atoms. The van der Waals surface area contributed by atoms with Gasteiger partial charge in [0.1, 0.15) is 0 Å². The highest BCUT2D eigenvalue weighted by molar-refractivity contribution is 7.89. The van der Waals surface area contributed by atoms with Crippen molar-refractivity contribution in [3.8, 4) is 0 Å². The van der Waals surface area contributed by atoms with Crippen LogP contribution in [-0.4, -0.2) is 25.8 Å². The largest absolute Gasteiger partial charge is 0.243 e. The van der Waals surface area contributed by atoms with Gasteiger partial charge in [0.15, 0.2) is 0 Å². The van der Waals surface area contributed by atoms with E-state index in [2.05, 4.69) is 18.2 Å². The van der Waals surface area contributed by atoms with E-state index < -0.39 is 10.0 Å².